The third-order valence-corrected chi connectivity index (χ3v) is 3.03. The fraction of sp³-hybridized carbons (Fsp3) is 0.0667. The van der Waals surface area contributed by atoms with Gasteiger partial charge in [-0.1, -0.05) is 24.3 Å². The Balaban J connectivity index is 2.10. The van der Waals surface area contributed by atoms with E-state index >= 15 is 0 Å². The van der Waals surface area contributed by atoms with Gasteiger partial charge < -0.3 is 9.30 Å². The van der Waals surface area contributed by atoms with Gasteiger partial charge in [0, 0.05) is 24.4 Å². The van der Waals surface area contributed by atoms with E-state index in [1.165, 1.54) is 17.0 Å². The number of hydrogen-bond donors (Lipinski definition) is 0. The molecule has 0 aliphatic heterocycles. The van der Waals surface area contributed by atoms with Crippen molar-refractivity contribution in [3.63, 3.8) is 0 Å². The summed E-state index contributed by atoms with van der Waals surface area (Å²) in [6.45, 7) is 0. The van der Waals surface area contributed by atoms with E-state index in [0.29, 0.717) is 0 Å². The third-order valence-electron chi connectivity index (χ3n) is 3.03. The Kier molecular flexibility index (Phi) is 2.33. The Morgan fingerprint density at radius 2 is 1.59 bits per heavy atom. The lowest BCUT2D eigenvalue weighted by molar-refractivity contribution is 1.08. The van der Waals surface area contributed by atoms with E-state index < -0.39 is 0 Å². The molecule has 84 valence electrons. The molecule has 2 heteroatoms. The second kappa shape index (κ2) is 3.98. The molecule has 2 aromatic heterocycles. The molecule has 2 nitrogen and oxygen atoms in total. The van der Waals surface area contributed by atoms with Crippen molar-refractivity contribution >= 4 is 17.0 Å². The molecule has 3 aromatic rings. The summed E-state index contributed by atoms with van der Waals surface area (Å²) < 4.78 is 2.19. The van der Waals surface area contributed by atoms with Crippen LogP contribution in [-0.4, -0.2) is 11.4 Å². The van der Waals surface area contributed by atoms with Crippen LogP contribution in [0, 0.1) is 0 Å². The van der Waals surface area contributed by atoms with E-state index in [9.17, 15) is 0 Å². The van der Waals surface area contributed by atoms with Crippen LogP contribution in [0.3, 0.4) is 0 Å². The first-order valence-corrected chi connectivity index (χ1v) is 5.71. The lowest BCUT2D eigenvalue weighted by Gasteiger charge is -2.19. The molecule has 17 heavy (non-hydrogen) atoms. The molecule has 0 spiro atoms. The average Bonchev–Trinajstić information content (AvgIpc) is 2.83. The third kappa shape index (κ3) is 1.68. The highest BCUT2D eigenvalue weighted by Gasteiger charge is 2.07. The van der Waals surface area contributed by atoms with Crippen LogP contribution >= 0.6 is 0 Å². The zero-order chi connectivity index (χ0) is 11.7. The Bertz CT molecular complexity index is 625. The zero-order valence-corrected chi connectivity index (χ0v) is 9.75. The molecule has 3 rings (SSSR count). The molecular formula is C15H14N2. The molecular weight excluding hydrogens is 208 g/mol. The minimum Gasteiger partial charge on any atom is -0.331 e. The van der Waals surface area contributed by atoms with Gasteiger partial charge in [-0.25, -0.2) is 0 Å². The van der Waals surface area contributed by atoms with Crippen molar-refractivity contribution in [2.24, 2.45) is 0 Å². The fourth-order valence-electron chi connectivity index (χ4n) is 2.10. The van der Waals surface area contributed by atoms with Gasteiger partial charge in [0.2, 0.25) is 0 Å². The minimum absolute atomic E-state index is 1.17. The van der Waals surface area contributed by atoms with Crippen LogP contribution in [0.15, 0.2) is 66.9 Å². The topological polar surface area (TPSA) is 7.65 Å². The zero-order valence-electron chi connectivity index (χ0n) is 9.75. The van der Waals surface area contributed by atoms with Gasteiger partial charge in [-0.05, 0) is 36.4 Å². The summed E-state index contributed by atoms with van der Waals surface area (Å²) in [6, 6.07) is 20.9. The summed E-state index contributed by atoms with van der Waals surface area (Å²) >= 11 is 0. The molecule has 0 unspecified atom stereocenters. The molecule has 0 radical (unpaired) electrons. The minimum atomic E-state index is 1.17. The van der Waals surface area contributed by atoms with Crippen molar-refractivity contribution in [3.05, 3.63) is 66.9 Å². The first-order valence-electron chi connectivity index (χ1n) is 5.71. The first-order chi connectivity index (χ1) is 8.36. The highest BCUT2D eigenvalue weighted by atomic mass is 15.2. The average molecular weight is 222 g/mol. The highest BCUT2D eigenvalue weighted by Crippen LogP contribution is 2.25. The maximum absolute atomic E-state index is 2.19. The molecule has 0 amide bonds. The van der Waals surface area contributed by atoms with Gasteiger partial charge in [-0.2, -0.15) is 0 Å². The molecule has 0 aliphatic carbocycles. The fourth-order valence-corrected chi connectivity index (χ4v) is 2.10. The van der Waals surface area contributed by atoms with E-state index in [4.69, 9.17) is 0 Å². The van der Waals surface area contributed by atoms with Crippen LogP contribution < -0.4 is 4.90 Å². The van der Waals surface area contributed by atoms with Crippen molar-refractivity contribution in [1.82, 2.24) is 4.40 Å². The number of aromatic nitrogens is 1. The second-order valence-corrected chi connectivity index (χ2v) is 4.08. The Morgan fingerprint density at radius 3 is 2.41 bits per heavy atom. The smallest absolute Gasteiger partial charge is 0.117 e. The van der Waals surface area contributed by atoms with Crippen molar-refractivity contribution in [1.29, 1.82) is 0 Å². The second-order valence-electron chi connectivity index (χ2n) is 4.08. The molecule has 0 saturated heterocycles. The predicted molar refractivity (Wildman–Crippen MR) is 71.9 cm³/mol. The van der Waals surface area contributed by atoms with Gasteiger partial charge in [0.05, 0.1) is 0 Å². The molecule has 2 heterocycles. The summed E-state index contributed by atoms with van der Waals surface area (Å²) in [5, 5.41) is 0. The van der Waals surface area contributed by atoms with Gasteiger partial charge in [0.1, 0.15) is 5.82 Å². The summed E-state index contributed by atoms with van der Waals surface area (Å²) in [4.78, 5) is 2.19. The van der Waals surface area contributed by atoms with Crippen LogP contribution in [0.25, 0.3) is 5.52 Å². The standard InChI is InChI=1S/C15H14N2/c1-16(13-7-3-2-4-8-13)15-11-10-14-9-5-6-12-17(14)15/h2-12H,1H3. The van der Waals surface area contributed by atoms with Crippen LogP contribution in [-0.2, 0) is 0 Å². The van der Waals surface area contributed by atoms with Gasteiger partial charge >= 0.3 is 0 Å². The van der Waals surface area contributed by atoms with E-state index in [2.05, 4.69) is 77.1 Å². The SMILES string of the molecule is CN(c1ccccc1)c1ccc2ccccn12. The lowest BCUT2D eigenvalue weighted by atomic mass is 10.3. The van der Waals surface area contributed by atoms with E-state index in [-0.39, 0.29) is 0 Å². The number of benzene rings is 1. The van der Waals surface area contributed by atoms with Crippen molar-refractivity contribution < 1.29 is 0 Å². The number of hydrogen-bond acceptors (Lipinski definition) is 1. The molecule has 0 aliphatic rings. The monoisotopic (exact) mass is 222 g/mol. The van der Waals surface area contributed by atoms with Gasteiger partial charge in [0.25, 0.3) is 0 Å². The maximum atomic E-state index is 2.19. The van der Waals surface area contributed by atoms with E-state index in [1.54, 1.807) is 0 Å². The van der Waals surface area contributed by atoms with Gasteiger partial charge in [0.15, 0.2) is 0 Å². The van der Waals surface area contributed by atoms with Crippen molar-refractivity contribution in [3.8, 4) is 0 Å². The largest absolute Gasteiger partial charge is 0.331 e. The normalized spacial score (nSPS) is 10.6. The van der Waals surface area contributed by atoms with E-state index in [0.717, 1.165) is 0 Å². The molecule has 0 N–H and O–H groups in total. The predicted octanol–water partition coefficient (Wildman–Crippen LogP) is 3.71. The number of nitrogens with zero attached hydrogens (tertiary/aromatic N) is 2. The van der Waals surface area contributed by atoms with Crippen LogP contribution in [0.2, 0.25) is 0 Å². The van der Waals surface area contributed by atoms with Crippen molar-refractivity contribution in [2.45, 2.75) is 0 Å². The maximum Gasteiger partial charge on any atom is 0.117 e. The number of rotatable bonds is 2. The molecule has 0 atom stereocenters. The molecule has 0 bridgehead atoms. The van der Waals surface area contributed by atoms with Crippen LogP contribution in [0.4, 0.5) is 11.5 Å². The molecule has 1 aromatic carbocycles. The summed E-state index contributed by atoms with van der Waals surface area (Å²) in [5.74, 6) is 1.17. The number of para-hydroxylation sites is 1. The Morgan fingerprint density at radius 1 is 0.824 bits per heavy atom. The number of pyridine rings is 1. The van der Waals surface area contributed by atoms with Crippen molar-refractivity contribution in [2.75, 3.05) is 11.9 Å². The quantitative estimate of drug-likeness (QED) is 0.641. The first kappa shape index (κ1) is 9.97. The molecule has 0 saturated carbocycles. The Hall–Kier alpha value is -2.22. The van der Waals surface area contributed by atoms with Gasteiger partial charge in [-0.15, -0.1) is 0 Å². The van der Waals surface area contributed by atoms with Crippen LogP contribution in [0.5, 0.6) is 0 Å². The van der Waals surface area contributed by atoms with E-state index in [1.807, 2.05) is 6.07 Å². The summed E-state index contributed by atoms with van der Waals surface area (Å²) in [7, 11) is 2.09. The highest BCUT2D eigenvalue weighted by molar-refractivity contribution is 5.65. The van der Waals surface area contributed by atoms with Crippen LogP contribution in [0.1, 0.15) is 0 Å². The summed E-state index contributed by atoms with van der Waals surface area (Å²) in [5.41, 5.74) is 2.40. The lowest BCUT2D eigenvalue weighted by Crippen LogP contribution is -2.11. The number of anilines is 2. The number of fused-ring (bicyclic) bond motifs is 1. The van der Waals surface area contributed by atoms with Gasteiger partial charge in [-0.3, -0.25) is 0 Å². The Labute approximate surface area is 101 Å². The summed E-state index contributed by atoms with van der Waals surface area (Å²) in [6.07, 6.45) is 2.09. The molecule has 0 fully saturated rings.